The number of hydrogen-bond acceptors (Lipinski definition) is 3. The molecular formula is C22H21NO3S. The smallest absolute Gasteiger partial charge is 0.255 e. The molecule has 27 heavy (non-hydrogen) atoms. The number of amides is 1. The highest BCUT2D eigenvalue weighted by Crippen LogP contribution is 2.22. The first-order chi connectivity index (χ1) is 12.8. The highest BCUT2D eigenvalue weighted by Gasteiger charge is 2.15. The molecule has 0 spiro atoms. The van der Waals surface area contributed by atoms with Crippen LogP contribution in [0.1, 0.15) is 27.0 Å². The van der Waals surface area contributed by atoms with Crippen LogP contribution in [0.15, 0.2) is 77.7 Å². The van der Waals surface area contributed by atoms with Crippen LogP contribution in [0.2, 0.25) is 0 Å². The lowest BCUT2D eigenvalue weighted by Crippen LogP contribution is -2.15. The molecule has 0 unspecified atom stereocenters. The molecule has 0 saturated carbocycles. The molecule has 3 aromatic carbocycles. The van der Waals surface area contributed by atoms with E-state index in [0.717, 1.165) is 28.6 Å². The van der Waals surface area contributed by atoms with Crippen molar-refractivity contribution in [2.45, 2.75) is 18.2 Å². The average Bonchev–Trinajstić information content (AvgIpc) is 2.63. The van der Waals surface area contributed by atoms with Gasteiger partial charge in [0.2, 0.25) is 0 Å². The van der Waals surface area contributed by atoms with Gasteiger partial charge in [-0.15, -0.1) is 0 Å². The second-order valence-electron chi connectivity index (χ2n) is 6.52. The number of hydrogen-bond donors (Lipinski definition) is 1. The number of rotatable bonds is 5. The van der Waals surface area contributed by atoms with Gasteiger partial charge in [0.1, 0.15) is 0 Å². The molecule has 5 heteroatoms. The predicted octanol–water partition coefficient (Wildman–Crippen LogP) is 4.24. The van der Waals surface area contributed by atoms with Gasteiger partial charge in [0.05, 0.1) is 4.90 Å². The summed E-state index contributed by atoms with van der Waals surface area (Å²) >= 11 is 0. The van der Waals surface area contributed by atoms with Crippen molar-refractivity contribution in [2.24, 2.45) is 0 Å². The summed E-state index contributed by atoms with van der Waals surface area (Å²) in [5, 5.41) is 2.93. The Morgan fingerprint density at radius 3 is 2.30 bits per heavy atom. The normalized spacial score (nSPS) is 11.2. The van der Waals surface area contributed by atoms with Crippen molar-refractivity contribution in [3.63, 3.8) is 0 Å². The third kappa shape index (κ3) is 4.63. The fourth-order valence-corrected chi connectivity index (χ4v) is 3.53. The van der Waals surface area contributed by atoms with E-state index in [1.54, 1.807) is 13.0 Å². The summed E-state index contributed by atoms with van der Waals surface area (Å²) < 4.78 is 23.6. The van der Waals surface area contributed by atoms with Gasteiger partial charge in [0, 0.05) is 17.5 Å². The lowest BCUT2D eigenvalue weighted by molar-refractivity contribution is 0.102. The maximum absolute atomic E-state index is 12.8. The van der Waals surface area contributed by atoms with Gasteiger partial charge in [-0.1, -0.05) is 54.6 Å². The van der Waals surface area contributed by atoms with Crippen LogP contribution in [-0.2, 0) is 16.3 Å². The largest absolute Gasteiger partial charge is 0.322 e. The molecule has 4 nitrogen and oxygen atoms in total. The van der Waals surface area contributed by atoms with Crippen molar-refractivity contribution >= 4 is 21.4 Å². The predicted molar refractivity (Wildman–Crippen MR) is 108 cm³/mol. The fourth-order valence-electron chi connectivity index (χ4n) is 2.88. The molecule has 0 bridgehead atoms. The molecule has 138 valence electrons. The standard InChI is InChI=1S/C22H21NO3S/c1-16-12-13-19(27(2,25)26)15-20(16)22(24)23-21-11-7-6-10-18(21)14-17-8-4-3-5-9-17/h3-13,15H,14H2,1-2H3,(H,23,24). The first-order valence-corrected chi connectivity index (χ1v) is 10.5. The van der Waals surface area contributed by atoms with E-state index in [2.05, 4.69) is 5.32 Å². The number of nitrogens with one attached hydrogen (secondary N) is 1. The summed E-state index contributed by atoms with van der Waals surface area (Å²) in [7, 11) is -3.38. The lowest BCUT2D eigenvalue weighted by Gasteiger charge is -2.13. The van der Waals surface area contributed by atoms with E-state index in [1.165, 1.54) is 12.1 Å². The topological polar surface area (TPSA) is 63.2 Å². The summed E-state index contributed by atoms with van der Waals surface area (Å²) in [6, 6.07) is 22.2. The Labute approximate surface area is 159 Å². The zero-order chi connectivity index (χ0) is 19.4. The number of anilines is 1. The van der Waals surface area contributed by atoms with E-state index in [4.69, 9.17) is 0 Å². The number of carbonyl (C=O) groups is 1. The van der Waals surface area contributed by atoms with Crippen molar-refractivity contribution in [2.75, 3.05) is 11.6 Å². The van der Waals surface area contributed by atoms with E-state index in [1.807, 2.05) is 54.6 Å². The van der Waals surface area contributed by atoms with Gasteiger partial charge in [-0.25, -0.2) is 8.42 Å². The van der Waals surface area contributed by atoms with Crippen LogP contribution >= 0.6 is 0 Å². The number of para-hydroxylation sites is 1. The molecule has 0 aliphatic rings. The van der Waals surface area contributed by atoms with Crippen LogP contribution in [0, 0.1) is 6.92 Å². The van der Waals surface area contributed by atoms with Gasteiger partial charge in [0.25, 0.3) is 5.91 Å². The van der Waals surface area contributed by atoms with E-state index < -0.39 is 9.84 Å². The molecule has 0 aliphatic carbocycles. The zero-order valence-electron chi connectivity index (χ0n) is 15.3. The maximum atomic E-state index is 12.8. The molecule has 1 amide bonds. The molecule has 0 atom stereocenters. The number of carbonyl (C=O) groups excluding carboxylic acids is 1. The van der Waals surface area contributed by atoms with Gasteiger partial charge in [-0.3, -0.25) is 4.79 Å². The second kappa shape index (κ2) is 7.76. The van der Waals surface area contributed by atoms with Gasteiger partial charge in [0.15, 0.2) is 9.84 Å². The number of aryl methyl sites for hydroxylation is 1. The molecule has 0 heterocycles. The molecule has 0 saturated heterocycles. The number of sulfone groups is 1. The fraction of sp³-hybridized carbons (Fsp3) is 0.136. The van der Waals surface area contributed by atoms with E-state index >= 15 is 0 Å². The minimum atomic E-state index is -3.38. The van der Waals surface area contributed by atoms with Crippen molar-refractivity contribution in [3.8, 4) is 0 Å². The van der Waals surface area contributed by atoms with E-state index in [9.17, 15) is 13.2 Å². The summed E-state index contributed by atoms with van der Waals surface area (Å²) in [6.45, 7) is 1.79. The third-order valence-electron chi connectivity index (χ3n) is 4.38. The lowest BCUT2D eigenvalue weighted by atomic mass is 10.0. The van der Waals surface area contributed by atoms with Crippen LogP contribution in [0.25, 0.3) is 0 Å². The van der Waals surface area contributed by atoms with Crippen LogP contribution in [-0.4, -0.2) is 20.6 Å². The highest BCUT2D eigenvalue weighted by atomic mass is 32.2. The van der Waals surface area contributed by atoms with Crippen LogP contribution in [0.4, 0.5) is 5.69 Å². The van der Waals surface area contributed by atoms with E-state index in [-0.39, 0.29) is 10.8 Å². The highest BCUT2D eigenvalue weighted by molar-refractivity contribution is 7.90. The minimum Gasteiger partial charge on any atom is -0.322 e. The average molecular weight is 379 g/mol. The van der Waals surface area contributed by atoms with E-state index in [0.29, 0.717) is 12.0 Å². The SMILES string of the molecule is Cc1ccc(S(C)(=O)=O)cc1C(=O)Nc1ccccc1Cc1ccccc1. The van der Waals surface area contributed by atoms with Crippen LogP contribution in [0.5, 0.6) is 0 Å². The quantitative estimate of drug-likeness (QED) is 0.721. The molecule has 3 aromatic rings. The first-order valence-electron chi connectivity index (χ1n) is 8.58. The Morgan fingerprint density at radius 2 is 1.59 bits per heavy atom. The van der Waals surface area contributed by atoms with Crippen LogP contribution in [0.3, 0.4) is 0 Å². The van der Waals surface area contributed by atoms with Gasteiger partial charge in [-0.05, 0) is 48.2 Å². The Morgan fingerprint density at radius 1 is 0.926 bits per heavy atom. The van der Waals surface area contributed by atoms with Crippen molar-refractivity contribution < 1.29 is 13.2 Å². The summed E-state index contributed by atoms with van der Waals surface area (Å²) in [6.07, 6.45) is 1.83. The summed E-state index contributed by atoms with van der Waals surface area (Å²) in [4.78, 5) is 12.9. The van der Waals surface area contributed by atoms with Gasteiger partial charge < -0.3 is 5.32 Å². The Balaban J connectivity index is 1.89. The molecule has 0 fully saturated rings. The Kier molecular flexibility index (Phi) is 5.42. The molecule has 0 aliphatic heterocycles. The molecule has 3 rings (SSSR count). The van der Waals surface area contributed by atoms with Gasteiger partial charge in [-0.2, -0.15) is 0 Å². The first kappa shape index (κ1) is 18.9. The third-order valence-corrected chi connectivity index (χ3v) is 5.50. The van der Waals surface area contributed by atoms with Crippen molar-refractivity contribution in [1.82, 2.24) is 0 Å². The maximum Gasteiger partial charge on any atom is 0.255 e. The van der Waals surface area contributed by atoms with Crippen molar-refractivity contribution in [3.05, 3.63) is 95.1 Å². The van der Waals surface area contributed by atoms with Crippen molar-refractivity contribution in [1.29, 1.82) is 0 Å². The van der Waals surface area contributed by atoms with Gasteiger partial charge >= 0.3 is 0 Å². The molecule has 1 N–H and O–H groups in total. The summed E-state index contributed by atoms with van der Waals surface area (Å²) in [5.74, 6) is -0.321. The molecular weight excluding hydrogens is 358 g/mol. The Bertz CT molecular complexity index is 1070. The van der Waals surface area contributed by atoms with Crippen LogP contribution < -0.4 is 5.32 Å². The Hall–Kier alpha value is -2.92. The second-order valence-corrected chi connectivity index (χ2v) is 8.54. The summed E-state index contributed by atoms with van der Waals surface area (Å²) in [5.41, 5.74) is 3.94. The molecule has 0 radical (unpaired) electrons. The minimum absolute atomic E-state index is 0.135. The monoisotopic (exact) mass is 379 g/mol. The zero-order valence-corrected chi connectivity index (χ0v) is 16.1. The number of benzene rings is 3. The molecule has 0 aromatic heterocycles.